The first kappa shape index (κ1) is 11.2. The van der Waals surface area contributed by atoms with E-state index in [9.17, 15) is 0 Å². The van der Waals surface area contributed by atoms with E-state index in [2.05, 4.69) is 48.9 Å². The molecule has 2 unspecified atom stereocenters. The zero-order chi connectivity index (χ0) is 11.9. The highest BCUT2D eigenvalue weighted by atomic mass is 32.1. The third-order valence-electron chi connectivity index (χ3n) is 4.28. The SMILES string of the molecule is CNC1CCC(C)(c2cccc3ccsc23)C1. The molecule has 0 spiro atoms. The maximum Gasteiger partial charge on any atom is 0.0380 e. The van der Waals surface area contributed by atoms with Gasteiger partial charge in [0.2, 0.25) is 0 Å². The average molecular weight is 245 g/mol. The fourth-order valence-electron chi connectivity index (χ4n) is 3.20. The van der Waals surface area contributed by atoms with Crippen LogP contribution in [0.5, 0.6) is 0 Å². The molecule has 2 aromatic rings. The molecule has 1 aliphatic carbocycles. The van der Waals surface area contributed by atoms with Crippen LogP contribution in [0.15, 0.2) is 29.6 Å². The van der Waals surface area contributed by atoms with Gasteiger partial charge >= 0.3 is 0 Å². The first-order valence-corrected chi connectivity index (χ1v) is 7.25. The van der Waals surface area contributed by atoms with Crippen molar-refractivity contribution in [2.45, 2.75) is 37.6 Å². The molecular formula is C15H19NS. The summed E-state index contributed by atoms with van der Waals surface area (Å²) in [6, 6.07) is 9.69. The molecule has 2 heteroatoms. The van der Waals surface area contributed by atoms with Crippen LogP contribution >= 0.6 is 11.3 Å². The van der Waals surface area contributed by atoms with E-state index in [1.165, 1.54) is 29.3 Å². The second-order valence-corrected chi connectivity index (χ2v) is 6.35. The Balaban J connectivity index is 2.06. The highest BCUT2D eigenvalue weighted by molar-refractivity contribution is 7.17. The quantitative estimate of drug-likeness (QED) is 0.845. The van der Waals surface area contributed by atoms with Crippen LogP contribution in [0.3, 0.4) is 0 Å². The van der Waals surface area contributed by atoms with E-state index in [0.717, 1.165) is 0 Å². The summed E-state index contributed by atoms with van der Waals surface area (Å²) >= 11 is 1.89. The number of benzene rings is 1. The smallest absolute Gasteiger partial charge is 0.0380 e. The van der Waals surface area contributed by atoms with Gasteiger partial charge < -0.3 is 5.32 Å². The van der Waals surface area contributed by atoms with Crippen molar-refractivity contribution in [2.75, 3.05) is 7.05 Å². The van der Waals surface area contributed by atoms with E-state index in [-0.39, 0.29) is 0 Å². The molecular weight excluding hydrogens is 226 g/mol. The van der Waals surface area contributed by atoms with Crippen LogP contribution in [-0.2, 0) is 5.41 Å². The summed E-state index contributed by atoms with van der Waals surface area (Å²) in [5, 5.41) is 7.05. The third-order valence-corrected chi connectivity index (χ3v) is 5.24. The first-order valence-electron chi connectivity index (χ1n) is 6.37. The lowest BCUT2D eigenvalue weighted by molar-refractivity contribution is 0.470. The molecule has 1 aromatic carbocycles. The lowest BCUT2D eigenvalue weighted by Gasteiger charge is -2.25. The molecule has 1 heterocycles. The minimum atomic E-state index is 0.359. The second-order valence-electron chi connectivity index (χ2n) is 5.43. The Hall–Kier alpha value is -0.860. The first-order chi connectivity index (χ1) is 8.23. The zero-order valence-electron chi connectivity index (χ0n) is 10.5. The normalized spacial score (nSPS) is 28.9. The summed E-state index contributed by atoms with van der Waals surface area (Å²) in [5.74, 6) is 0. The molecule has 90 valence electrons. The molecule has 0 amide bonds. The Morgan fingerprint density at radius 3 is 3.00 bits per heavy atom. The lowest BCUT2D eigenvalue weighted by atomic mass is 9.80. The molecule has 1 nitrogen and oxygen atoms in total. The van der Waals surface area contributed by atoms with E-state index in [4.69, 9.17) is 0 Å². The fraction of sp³-hybridized carbons (Fsp3) is 0.467. The van der Waals surface area contributed by atoms with Crippen LogP contribution in [0, 0.1) is 0 Å². The number of thiophene rings is 1. The summed E-state index contributed by atoms with van der Waals surface area (Å²) in [6.45, 7) is 2.43. The number of hydrogen-bond acceptors (Lipinski definition) is 2. The van der Waals surface area contributed by atoms with Gasteiger partial charge in [-0.15, -0.1) is 11.3 Å². The minimum absolute atomic E-state index is 0.359. The maximum absolute atomic E-state index is 3.43. The molecule has 0 aliphatic heterocycles. The largest absolute Gasteiger partial charge is 0.317 e. The van der Waals surface area contributed by atoms with Crippen LogP contribution in [0.1, 0.15) is 31.7 Å². The summed E-state index contributed by atoms with van der Waals surface area (Å²) in [4.78, 5) is 0. The van der Waals surface area contributed by atoms with Crippen molar-refractivity contribution in [3.8, 4) is 0 Å². The van der Waals surface area contributed by atoms with Crippen molar-refractivity contribution >= 4 is 21.4 Å². The van der Waals surface area contributed by atoms with Gasteiger partial charge in [0.25, 0.3) is 0 Å². The van der Waals surface area contributed by atoms with Gasteiger partial charge in [0.1, 0.15) is 0 Å². The van der Waals surface area contributed by atoms with E-state index >= 15 is 0 Å². The minimum Gasteiger partial charge on any atom is -0.317 e. The van der Waals surface area contributed by atoms with Crippen molar-refractivity contribution in [2.24, 2.45) is 0 Å². The third kappa shape index (κ3) is 1.80. The van der Waals surface area contributed by atoms with Crippen molar-refractivity contribution in [3.05, 3.63) is 35.2 Å². The maximum atomic E-state index is 3.43. The highest BCUT2D eigenvalue weighted by Gasteiger charge is 2.36. The Kier molecular flexibility index (Phi) is 2.72. The van der Waals surface area contributed by atoms with Gasteiger partial charge in [-0.1, -0.05) is 25.1 Å². The molecule has 1 aliphatic rings. The lowest BCUT2D eigenvalue weighted by Crippen LogP contribution is -2.25. The van der Waals surface area contributed by atoms with E-state index < -0.39 is 0 Å². The summed E-state index contributed by atoms with van der Waals surface area (Å²) in [7, 11) is 2.09. The predicted octanol–water partition coefficient (Wildman–Crippen LogP) is 3.93. The number of rotatable bonds is 2. The Morgan fingerprint density at radius 2 is 2.24 bits per heavy atom. The van der Waals surface area contributed by atoms with Gasteiger partial charge in [0.15, 0.2) is 0 Å². The van der Waals surface area contributed by atoms with Crippen molar-refractivity contribution < 1.29 is 0 Å². The standard InChI is InChI=1S/C15H19NS/c1-15(8-6-12(10-15)16-2)13-5-3-4-11-7-9-17-14(11)13/h3-5,7,9,12,16H,6,8,10H2,1-2H3. The van der Waals surface area contributed by atoms with Crippen LogP contribution in [0.25, 0.3) is 10.1 Å². The summed E-state index contributed by atoms with van der Waals surface area (Å²) in [5.41, 5.74) is 1.92. The molecule has 1 saturated carbocycles. The van der Waals surface area contributed by atoms with Crippen molar-refractivity contribution in [1.29, 1.82) is 0 Å². The van der Waals surface area contributed by atoms with E-state index in [1.54, 1.807) is 5.56 Å². The summed E-state index contributed by atoms with van der Waals surface area (Å²) < 4.78 is 1.49. The highest BCUT2D eigenvalue weighted by Crippen LogP contribution is 2.44. The molecule has 0 radical (unpaired) electrons. The van der Waals surface area contributed by atoms with Gasteiger partial charge in [-0.05, 0) is 54.1 Å². The molecule has 1 aromatic heterocycles. The number of fused-ring (bicyclic) bond motifs is 1. The molecule has 2 atom stereocenters. The van der Waals surface area contributed by atoms with Gasteiger partial charge in [0, 0.05) is 10.7 Å². The van der Waals surface area contributed by atoms with Gasteiger partial charge in [-0.2, -0.15) is 0 Å². The number of nitrogens with one attached hydrogen (secondary N) is 1. The van der Waals surface area contributed by atoms with Gasteiger partial charge in [-0.25, -0.2) is 0 Å². The van der Waals surface area contributed by atoms with Crippen molar-refractivity contribution in [1.82, 2.24) is 5.32 Å². The number of hydrogen-bond donors (Lipinski definition) is 1. The summed E-state index contributed by atoms with van der Waals surface area (Å²) in [6.07, 6.45) is 3.87. The van der Waals surface area contributed by atoms with E-state index in [0.29, 0.717) is 11.5 Å². The average Bonchev–Trinajstić information content (AvgIpc) is 2.95. The predicted molar refractivity (Wildman–Crippen MR) is 75.9 cm³/mol. The second kappa shape index (κ2) is 4.11. The Bertz CT molecular complexity index is 530. The fourth-order valence-corrected chi connectivity index (χ4v) is 4.26. The van der Waals surface area contributed by atoms with Crippen LogP contribution in [0.2, 0.25) is 0 Å². The molecule has 17 heavy (non-hydrogen) atoms. The van der Waals surface area contributed by atoms with Crippen LogP contribution in [-0.4, -0.2) is 13.1 Å². The Morgan fingerprint density at radius 1 is 1.35 bits per heavy atom. The topological polar surface area (TPSA) is 12.0 Å². The monoisotopic (exact) mass is 245 g/mol. The van der Waals surface area contributed by atoms with Crippen LogP contribution in [0.4, 0.5) is 0 Å². The zero-order valence-corrected chi connectivity index (χ0v) is 11.3. The Labute approximate surface area is 107 Å². The van der Waals surface area contributed by atoms with E-state index in [1.807, 2.05) is 11.3 Å². The molecule has 1 N–H and O–H groups in total. The van der Waals surface area contributed by atoms with Gasteiger partial charge in [0.05, 0.1) is 0 Å². The van der Waals surface area contributed by atoms with Gasteiger partial charge in [-0.3, -0.25) is 0 Å². The molecule has 0 bridgehead atoms. The van der Waals surface area contributed by atoms with Crippen LogP contribution < -0.4 is 5.32 Å². The molecule has 0 saturated heterocycles. The molecule has 1 fully saturated rings. The molecule has 3 rings (SSSR count). The van der Waals surface area contributed by atoms with Crippen molar-refractivity contribution in [3.63, 3.8) is 0 Å².